The molecule has 0 bridgehead atoms. The molecule has 196 valence electrons. The highest BCUT2D eigenvalue weighted by atomic mass is 32.1. The molecule has 3 heterocycles. The van der Waals surface area contributed by atoms with Crippen molar-refractivity contribution in [1.29, 1.82) is 0 Å². The third-order valence-electron chi connectivity index (χ3n) is 8.03. The molecule has 5 heteroatoms. The molecule has 0 saturated heterocycles. The highest BCUT2D eigenvalue weighted by molar-refractivity contribution is 7.25. The van der Waals surface area contributed by atoms with Crippen molar-refractivity contribution in [2.75, 3.05) is 0 Å². The highest BCUT2D eigenvalue weighted by Gasteiger charge is 2.19. The van der Waals surface area contributed by atoms with Crippen LogP contribution in [-0.2, 0) is 0 Å². The minimum Gasteiger partial charge on any atom is -0.278 e. The minimum absolute atomic E-state index is 0.610. The van der Waals surface area contributed by atoms with Crippen molar-refractivity contribution in [2.45, 2.75) is 0 Å². The molecule has 0 amide bonds. The predicted octanol–water partition coefficient (Wildman–Crippen LogP) is 9.82. The molecule has 0 aliphatic rings. The third kappa shape index (κ3) is 3.57. The Morgan fingerprint density at radius 1 is 0.429 bits per heavy atom. The molecule has 0 aliphatic carbocycles. The molecule has 0 spiro atoms. The molecule has 9 rings (SSSR count). The maximum Gasteiger partial charge on any atom is 0.238 e. The average molecular weight is 555 g/mol. The largest absolute Gasteiger partial charge is 0.278 e. The molecule has 0 saturated carbocycles. The van der Waals surface area contributed by atoms with Crippen LogP contribution < -0.4 is 0 Å². The van der Waals surface area contributed by atoms with Gasteiger partial charge >= 0.3 is 0 Å². The Morgan fingerprint density at radius 3 is 2.02 bits per heavy atom. The molecule has 0 unspecified atom stereocenters. The summed E-state index contributed by atoms with van der Waals surface area (Å²) in [6, 6.07) is 46.7. The molecule has 0 N–H and O–H groups in total. The first kappa shape index (κ1) is 23.3. The first-order valence-electron chi connectivity index (χ1n) is 14.0. The van der Waals surface area contributed by atoms with Crippen LogP contribution in [0.5, 0.6) is 0 Å². The van der Waals surface area contributed by atoms with Crippen molar-refractivity contribution < 1.29 is 0 Å². The van der Waals surface area contributed by atoms with E-state index in [-0.39, 0.29) is 0 Å². The van der Waals surface area contributed by atoms with Crippen LogP contribution in [0.15, 0.2) is 133 Å². The topological polar surface area (TPSA) is 43.6 Å². The summed E-state index contributed by atoms with van der Waals surface area (Å²) < 4.78 is 4.74. The van der Waals surface area contributed by atoms with Gasteiger partial charge in [-0.25, -0.2) is 4.98 Å². The summed E-state index contributed by atoms with van der Waals surface area (Å²) in [5.74, 6) is 1.91. The summed E-state index contributed by atoms with van der Waals surface area (Å²) in [4.78, 5) is 15.2. The maximum absolute atomic E-state index is 5.15. The third-order valence-corrected chi connectivity index (χ3v) is 9.17. The first-order chi connectivity index (χ1) is 20.8. The van der Waals surface area contributed by atoms with E-state index in [2.05, 4.69) is 120 Å². The second-order valence-corrected chi connectivity index (χ2v) is 11.6. The van der Waals surface area contributed by atoms with E-state index < -0.39 is 0 Å². The molecule has 0 atom stereocenters. The standard InChI is InChI=1S/C37H22N4S/c1-2-11-24(12-3-1)35-38-36(26-19-18-23-10-4-5-13-25(23)20-26)40-37(39-35)41-31-16-8-6-14-27(31)29-21-30-28-15-7-9-17-33(28)42-34(30)22-32(29)41/h1-22H. The van der Waals surface area contributed by atoms with Crippen molar-refractivity contribution in [1.82, 2.24) is 19.5 Å². The van der Waals surface area contributed by atoms with E-state index in [4.69, 9.17) is 15.0 Å². The van der Waals surface area contributed by atoms with E-state index in [0.717, 1.165) is 27.5 Å². The van der Waals surface area contributed by atoms with Crippen molar-refractivity contribution in [3.05, 3.63) is 133 Å². The Hall–Kier alpha value is -5.39. The monoisotopic (exact) mass is 554 g/mol. The fourth-order valence-corrected chi connectivity index (χ4v) is 7.16. The smallest absolute Gasteiger partial charge is 0.238 e. The van der Waals surface area contributed by atoms with Crippen molar-refractivity contribution in [3.8, 4) is 28.7 Å². The maximum atomic E-state index is 5.15. The van der Waals surface area contributed by atoms with Gasteiger partial charge in [0.1, 0.15) is 0 Å². The number of thiophene rings is 1. The number of hydrogen-bond acceptors (Lipinski definition) is 4. The van der Waals surface area contributed by atoms with Gasteiger partial charge in [0.25, 0.3) is 0 Å². The fourth-order valence-electron chi connectivity index (χ4n) is 6.04. The molecule has 4 nitrogen and oxygen atoms in total. The molecule has 0 fully saturated rings. The lowest BCUT2D eigenvalue weighted by Gasteiger charge is -2.11. The van der Waals surface area contributed by atoms with E-state index in [1.54, 1.807) is 0 Å². The number of aromatic nitrogens is 4. The van der Waals surface area contributed by atoms with Gasteiger partial charge in [0.2, 0.25) is 5.95 Å². The number of para-hydroxylation sites is 1. The number of benzene rings is 6. The van der Waals surface area contributed by atoms with E-state index in [1.807, 2.05) is 29.5 Å². The Bertz CT molecular complexity index is 2470. The van der Waals surface area contributed by atoms with E-state index in [1.165, 1.54) is 36.3 Å². The van der Waals surface area contributed by atoms with Crippen LogP contribution >= 0.6 is 11.3 Å². The van der Waals surface area contributed by atoms with Gasteiger partial charge in [-0.15, -0.1) is 11.3 Å². The SMILES string of the molecule is c1ccc(-c2nc(-c3ccc4ccccc4c3)nc(-n3c4ccccc4c4cc5c(cc43)sc3ccccc35)n2)cc1. The van der Waals surface area contributed by atoms with Crippen LogP contribution in [0.3, 0.4) is 0 Å². The van der Waals surface area contributed by atoms with E-state index in [9.17, 15) is 0 Å². The van der Waals surface area contributed by atoms with Crippen molar-refractivity contribution in [3.63, 3.8) is 0 Å². The summed E-state index contributed by atoms with van der Waals surface area (Å²) in [5.41, 5.74) is 4.08. The van der Waals surface area contributed by atoms with Gasteiger partial charge in [-0.05, 0) is 41.1 Å². The Balaban J connectivity index is 1.36. The molecular formula is C37H22N4S. The summed E-state index contributed by atoms with van der Waals surface area (Å²) >= 11 is 1.82. The van der Waals surface area contributed by atoms with Gasteiger partial charge in [0, 0.05) is 42.1 Å². The molecule has 42 heavy (non-hydrogen) atoms. The zero-order chi connectivity index (χ0) is 27.6. The Morgan fingerprint density at radius 2 is 1.14 bits per heavy atom. The van der Waals surface area contributed by atoms with Crippen LogP contribution in [0, 0.1) is 0 Å². The summed E-state index contributed by atoms with van der Waals surface area (Å²) in [6.07, 6.45) is 0. The fraction of sp³-hybridized carbons (Fsp3) is 0. The number of fused-ring (bicyclic) bond motifs is 7. The van der Waals surface area contributed by atoms with Crippen molar-refractivity contribution >= 4 is 64.1 Å². The summed E-state index contributed by atoms with van der Waals surface area (Å²) in [5, 5.41) is 7.29. The van der Waals surface area contributed by atoms with Gasteiger partial charge in [-0.2, -0.15) is 9.97 Å². The summed E-state index contributed by atoms with van der Waals surface area (Å²) in [7, 11) is 0. The lowest BCUT2D eigenvalue weighted by atomic mass is 10.1. The summed E-state index contributed by atoms with van der Waals surface area (Å²) in [6.45, 7) is 0. The Kier molecular flexibility index (Phi) is 5.03. The Labute approximate surface area is 245 Å². The van der Waals surface area contributed by atoms with Gasteiger partial charge in [-0.1, -0.05) is 103 Å². The zero-order valence-corrected chi connectivity index (χ0v) is 23.2. The molecule has 0 radical (unpaired) electrons. The second kappa shape index (κ2) is 9.06. The van der Waals surface area contributed by atoms with Gasteiger partial charge < -0.3 is 0 Å². The molecular weight excluding hydrogens is 533 g/mol. The average Bonchev–Trinajstić information content (AvgIpc) is 3.58. The first-order valence-corrected chi connectivity index (χ1v) is 14.8. The molecule has 3 aromatic heterocycles. The van der Waals surface area contributed by atoms with E-state index in [0.29, 0.717) is 17.6 Å². The van der Waals surface area contributed by atoms with Crippen LogP contribution in [0.4, 0.5) is 0 Å². The predicted molar refractivity (Wildman–Crippen MR) is 175 cm³/mol. The van der Waals surface area contributed by atoms with Gasteiger partial charge in [0.05, 0.1) is 11.0 Å². The zero-order valence-electron chi connectivity index (χ0n) is 22.4. The van der Waals surface area contributed by atoms with Gasteiger partial charge in [-0.3, -0.25) is 4.57 Å². The van der Waals surface area contributed by atoms with E-state index >= 15 is 0 Å². The van der Waals surface area contributed by atoms with Crippen LogP contribution in [0.1, 0.15) is 0 Å². The van der Waals surface area contributed by atoms with Crippen LogP contribution in [0.25, 0.3) is 81.5 Å². The molecule has 9 aromatic rings. The number of hydrogen-bond donors (Lipinski definition) is 0. The van der Waals surface area contributed by atoms with Crippen LogP contribution in [0.2, 0.25) is 0 Å². The normalized spacial score (nSPS) is 11.8. The molecule has 0 aliphatic heterocycles. The quantitative estimate of drug-likeness (QED) is 0.218. The van der Waals surface area contributed by atoms with Gasteiger partial charge in [0.15, 0.2) is 11.6 Å². The second-order valence-electron chi connectivity index (χ2n) is 10.5. The minimum atomic E-state index is 0.610. The number of nitrogens with zero attached hydrogens (tertiary/aromatic N) is 4. The van der Waals surface area contributed by atoms with Crippen molar-refractivity contribution in [2.24, 2.45) is 0 Å². The highest BCUT2D eigenvalue weighted by Crippen LogP contribution is 2.40. The van der Waals surface area contributed by atoms with Crippen LogP contribution in [-0.4, -0.2) is 19.5 Å². The lowest BCUT2D eigenvalue weighted by Crippen LogP contribution is -2.06. The lowest BCUT2D eigenvalue weighted by molar-refractivity contribution is 0.954. The molecule has 6 aromatic carbocycles. The number of rotatable bonds is 3.